The third-order valence-electron chi connectivity index (χ3n) is 8.61. The predicted octanol–water partition coefficient (Wildman–Crippen LogP) is -2.21. The fourth-order valence-corrected chi connectivity index (χ4v) is 8.02. The molecular weight excluding hydrogens is 462 g/mol. The Morgan fingerprint density at radius 3 is 2.17 bits per heavy atom. The van der Waals surface area contributed by atoms with Crippen molar-refractivity contribution in [3.05, 3.63) is 0 Å². The van der Waals surface area contributed by atoms with Gasteiger partial charge in [-0.25, -0.2) is 0 Å². The third-order valence-corrected chi connectivity index (χ3v) is 8.61. The first-order valence-electron chi connectivity index (χ1n) is 12.5. The quantitative estimate of drug-likeness (QED) is 0.161. The van der Waals surface area contributed by atoms with Crippen LogP contribution in [0.15, 0.2) is 0 Å². The normalized spacial score (nSPS) is 47.5. The number of hydrogen-bond acceptors (Lipinski definition) is 11. The van der Waals surface area contributed by atoms with Crippen LogP contribution in [0.1, 0.15) is 52.4 Å². The van der Waals surface area contributed by atoms with Gasteiger partial charge in [0, 0.05) is 5.54 Å². The molecule has 1 heterocycles. The minimum Gasteiger partial charge on any atom is -0.394 e. The van der Waals surface area contributed by atoms with Gasteiger partial charge in [0.25, 0.3) is 0 Å². The van der Waals surface area contributed by atoms with Crippen molar-refractivity contribution in [2.45, 2.75) is 107 Å². The van der Waals surface area contributed by atoms with Gasteiger partial charge in [0.2, 0.25) is 0 Å². The molecule has 5 fully saturated rings. The van der Waals surface area contributed by atoms with Crippen LogP contribution in [-0.4, -0.2) is 116 Å². The summed E-state index contributed by atoms with van der Waals surface area (Å²) in [5.74, 6) is -0.0506. The smallest absolute Gasteiger partial charge is 0.187 e. The molecule has 0 amide bonds. The van der Waals surface area contributed by atoms with E-state index in [0.717, 1.165) is 19.3 Å². The highest BCUT2D eigenvalue weighted by Crippen LogP contribution is 2.66. The summed E-state index contributed by atoms with van der Waals surface area (Å²) in [5, 5.41) is 73.4. The first-order valence-corrected chi connectivity index (χ1v) is 12.5. The highest BCUT2D eigenvalue weighted by molar-refractivity contribution is 5.85. The molecule has 1 saturated heterocycles. The van der Waals surface area contributed by atoms with Gasteiger partial charge in [0.1, 0.15) is 42.7 Å². The molecule has 4 aliphatic carbocycles. The molecule has 5 aliphatic rings. The monoisotopic (exact) mass is 503 g/mol. The maximum absolute atomic E-state index is 13.0. The number of aliphatic hydroxyl groups is 7. The fraction of sp³-hybridized carbons (Fsp3) is 0.958. The molecule has 35 heavy (non-hydrogen) atoms. The second kappa shape index (κ2) is 9.86. The first kappa shape index (κ1) is 27.3. The molecule has 0 aromatic rings. The number of aliphatic hydroxyl groups excluding tert-OH is 7. The number of ether oxygens (including phenoxy) is 2. The van der Waals surface area contributed by atoms with Gasteiger partial charge < -0.3 is 50.5 Å². The van der Waals surface area contributed by atoms with Crippen LogP contribution in [-0.2, 0) is 14.3 Å². The van der Waals surface area contributed by atoms with Crippen LogP contribution < -0.4 is 5.32 Å². The molecule has 11 nitrogen and oxygen atoms in total. The summed E-state index contributed by atoms with van der Waals surface area (Å²) < 4.78 is 10.7. The van der Waals surface area contributed by atoms with Crippen molar-refractivity contribution in [2.24, 2.45) is 16.7 Å². The van der Waals surface area contributed by atoms with Crippen LogP contribution in [0, 0.1) is 16.7 Å². The Morgan fingerprint density at radius 2 is 1.63 bits per heavy atom. The van der Waals surface area contributed by atoms with E-state index in [0.29, 0.717) is 5.92 Å². The van der Waals surface area contributed by atoms with Gasteiger partial charge in [0.15, 0.2) is 12.1 Å². The lowest BCUT2D eigenvalue weighted by Gasteiger charge is -2.65. The predicted molar refractivity (Wildman–Crippen MR) is 121 cm³/mol. The molecule has 5 rings (SSSR count). The van der Waals surface area contributed by atoms with E-state index in [9.17, 15) is 40.5 Å². The molecule has 10 unspecified atom stereocenters. The number of ketones is 1. The molecule has 0 radical (unpaired) electrons. The first-order chi connectivity index (χ1) is 16.3. The average Bonchev–Trinajstić information content (AvgIpc) is 2.77. The van der Waals surface area contributed by atoms with E-state index in [-0.39, 0.29) is 22.9 Å². The molecule has 1 aliphatic heterocycles. The maximum Gasteiger partial charge on any atom is 0.187 e. The molecule has 0 aromatic carbocycles. The summed E-state index contributed by atoms with van der Waals surface area (Å²) in [6.07, 6.45) is -6.84. The number of nitrogens with one attached hydrogen (secondary N) is 1. The molecule has 4 saturated carbocycles. The van der Waals surface area contributed by atoms with Crippen molar-refractivity contribution in [3.63, 3.8) is 0 Å². The van der Waals surface area contributed by atoms with E-state index in [2.05, 4.69) is 19.2 Å². The third kappa shape index (κ3) is 5.31. The van der Waals surface area contributed by atoms with E-state index in [1.165, 1.54) is 19.3 Å². The van der Waals surface area contributed by atoms with Crippen LogP contribution in [0.25, 0.3) is 0 Å². The lowest BCUT2D eigenvalue weighted by molar-refractivity contribution is -0.323. The maximum atomic E-state index is 13.0. The lowest BCUT2D eigenvalue weighted by Crippen LogP contribution is -2.65. The van der Waals surface area contributed by atoms with Crippen LogP contribution in [0.2, 0.25) is 0 Å². The standard InChI is InChI=1S/C24H41NO10/c1-22-3-12-4-23(2,9-22)11-24(5-12,10-22)25-6-13(28)16(30)20(14(29)7-26)35-21-19(33)18(32)17(31)15(8-27)34-21/h12,14-21,25-27,29-33H,3-11H2,1-2H3. The lowest BCUT2D eigenvalue weighted by atomic mass is 9.43. The average molecular weight is 504 g/mol. The summed E-state index contributed by atoms with van der Waals surface area (Å²) in [4.78, 5) is 13.0. The largest absolute Gasteiger partial charge is 0.394 e. The molecule has 8 N–H and O–H groups in total. The van der Waals surface area contributed by atoms with E-state index in [1.54, 1.807) is 0 Å². The van der Waals surface area contributed by atoms with Crippen LogP contribution in [0.4, 0.5) is 0 Å². The molecule has 0 spiro atoms. The van der Waals surface area contributed by atoms with Crippen molar-refractivity contribution in [3.8, 4) is 0 Å². The van der Waals surface area contributed by atoms with Crippen LogP contribution in [0.5, 0.6) is 0 Å². The zero-order valence-corrected chi connectivity index (χ0v) is 20.4. The summed E-state index contributed by atoms with van der Waals surface area (Å²) in [6.45, 7) is 2.93. The number of Topliss-reactive ketones (excluding diaryl/α,β-unsaturated/α-hetero) is 1. The highest BCUT2D eigenvalue weighted by atomic mass is 16.7. The van der Waals surface area contributed by atoms with Gasteiger partial charge in [-0.15, -0.1) is 0 Å². The van der Waals surface area contributed by atoms with Crippen LogP contribution in [0.3, 0.4) is 0 Å². The van der Waals surface area contributed by atoms with Crippen LogP contribution >= 0.6 is 0 Å². The van der Waals surface area contributed by atoms with Gasteiger partial charge in [-0.3, -0.25) is 4.79 Å². The number of hydrogen-bond donors (Lipinski definition) is 8. The van der Waals surface area contributed by atoms with E-state index >= 15 is 0 Å². The minimum atomic E-state index is -1.86. The summed E-state index contributed by atoms with van der Waals surface area (Å²) in [5.41, 5.74) is 0.261. The number of rotatable bonds is 10. The van der Waals surface area contributed by atoms with Gasteiger partial charge in [-0.1, -0.05) is 13.8 Å². The Bertz CT molecular complexity index is 761. The summed E-state index contributed by atoms with van der Waals surface area (Å²) in [7, 11) is 0. The molecule has 4 bridgehead atoms. The molecule has 11 heteroatoms. The van der Waals surface area contributed by atoms with E-state index in [1.807, 2.05) is 0 Å². The number of carbonyl (C=O) groups is 1. The van der Waals surface area contributed by atoms with Crippen molar-refractivity contribution in [1.82, 2.24) is 5.32 Å². The van der Waals surface area contributed by atoms with Crippen molar-refractivity contribution in [2.75, 3.05) is 19.8 Å². The highest BCUT2D eigenvalue weighted by Gasteiger charge is 2.60. The van der Waals surface area contributed by atoms with Crippen molar-refractivity contribution in [1.29, 1.82) is 0 Å². The summed E-state index contributed by atoms with van der Waals surface area (Å²) in [6, 6.07) is 0. The van der Waals surface area contributed by atoms with Gasteiger partial charge in [0.05, 0.1) is 19.8 Å². The second-order valence-corrected chi connectivity index (χ2v) is 12.2. The topological polar surface area (TPSA) is 189 Å². The Labute approximate surface area is 205 Å². The Hall–Kier alpha value is -0.730. The number of carbonyl (C=O) groups excluding carboxylic acids is 1. The fourth-order valence-electron chi connectivity index (χ4n) is 8.02. The second-order valence-electron chi connectivity index (χ2n) is 12.2. The molecular formula is C24H41NO10. The zero-order chi connectivity index (χ0) is 25.8. The zero-order valence-electron chi connectivity index (χ0n) is 20.4. The summed E-state index contributed by atoms with van der Waals surface area (Å²) >= 11 is 0. The van der Waals surface area contributed by atoms with Gasteiger partial charge in [-0.05, 0) is 55.3 Å². The molecule has 10 atom stereocenters. The van der Waals surface area contributed by atoms with E-state index in [4.69, 9.17) is 9.47 Å². The van der Waals surface area contributed by atoms with Crippen molar-refractivity contribution >= 4 is 5.78 Å². The minimum absolute atomic E-state index is 0.160. The molecule has 202 valence electrons. The Kier molecular flexibility index (Phi) is 7.70. The van der Waals surface area contributed by atoms with E-state index < -0.39 is 68.0 Å². The van der Waals surface area contributed by atoms with Gasteiger partial charge >= 0.3 is 0 Å². The Balaban J connectivity index is 1.42. The van der Waals surface area contributed by atoms with Crippen molar-refractivity contribution < 1.29 is 50.0 Å². The van der Waals surface area contributed by atoms with Gasteiger partial charge in [-0.2, -0.15) is 0 Å². The Morgan fingerprint density at radius 1 is 1.00 bits per heavy atom. The SMILES string of the molecule is CC12CC3CC(C)(C1)CC(NCC(=O)C(O)C(OC1OC(CO)C(O)C(O)C1O)C(O)CO)(C3)C2. The molecule has 0 aromatic heterocycles.